The zero-order valence-corrected chi connectivity index (χ0v) is 16.2. The summed E-state index contributed by atoms with van der Waals surface area (Å²) in [6.45, 7) is 7.00. The lowest BCUT2D eigenvalue weighted by atomic mass is 9.96. The molecular formula is C15H23BrIN3. The Morgan fingerprint density at radius 1 is 1.40 bits per heavy atom. The average Bonchev–Trinajstić information content (AvgIpc) is 3.05. The number of benzene rings is 1. The van der Waals surface area contributed by atoms with Crippen molar-refractivity contribution in [2.75, 3.05) is 6.54 Å². The Balaban J connectivity index is 0.00000200. The Bertz CT molecular complexity index is 490. The second-order valence-electron chi connectivity index (χ2n) is 6.37. The molecule has 0 saturated heterocycles. The van der Waals surface area contributed by atoms with E-state index in [-0.39, 0.29) is 34.9 Å². The van der Waals surface area contributed by atoms with E-state index < -0.39 is 0 Å². The van der Waals surface area contributed by atoms with E-state index in [1.165, 1.54) is 18.4 Å². The molecule has 0 spiro atoms. The Morgan fingerprint density at radius 3 is 2.55 bits per heavy atom. The van der Waals surface area contributed by atoms with Crippen molar-refractivity contribution < 1.29 is 0 Å². The SMILES string of the molecule is CC(C)(C)NC(N)=NCC1(c2cccc(Br)c2)CC1.I. The first-order chi connectivity index (χ1) is 8.81. The van der Waals surface area contributed by atoms with Gasteiger partial charge < -0.3 is 11.1 Å². The van der Waals surface area contributed by atoms with E-state index in [1.807, 2.05) is 0 Å². The summed E-state index contributed by atoms with van der Waals surface area (Å²) in [5, 5.41) is 3.20. The predicted molar refractivity (Wildman–Crippen MR) is 99.8 cm³/mol. The molecule has 1 saturated carbocycles. The number of nitrogens with one attached hydrogen (secondary N) is 1. The fourth-order valence-corrected chi connectivity index (χ4v) is 2.57. The number of aliphatic imine (C=N–C) groups is 1. The van der Waals surface area contributed by atoms with Gasteiger partial charge in [0.15, 0.2) is 5.96 Å². The summed E-state index contributed by atoms with van der Waals surface area (Å²) in [5.41, 5.74) is 7.45. The second kappa shape index (κ2) is 6.64. The molecule has 2 rings (SSSR count). The number of guanidine groups is 1. The fourth-order valence-electron chi connectivity index (χ4n) is 2.17. The summed E-state index contributed by atoms with van der Waals surface area (Å²) < 4.78 is 1.13. The minimum atomic E-state index is -0.0416. The standard InChI is InChI=1S/C15H22BrN3.HI/c1-14(2,3)19-13(17)18-10-15(7-8-15)11-5-4-6-12(16)9-11;/h4-6,9H,7-8,10H2,1-3H3,(H3,17,18,19);1H. The Hall–Kier alpha value is -0.300. The molecule has 5 heteroatoms. The Kier molecular flexibility index (Phi) is 5.89. The predicted octanol–water partition coefficient (Wildman–Crippen LogP) is 3.80. The van der Waals surface area contributed by atoms with Crippen LogP contribution in [0.1, 0.15) is 39.2 Å². The zero-order valence-electron chi connectivity index (χ0n) is 12.2. The van der Waals surface area contributed by atoms with Gasteiger partial charge in [-0.25, -0.2) is 0 Å². The van der Waals surface area contributed by atoms with E-state index >= 15 is 0 Å². The summed E-state index contributed by atoms with van der Waals surface area (Å²) in [6, 6.07) is 8.51. The highest BCUT2D eigenvalue weighted by Crippen LogP contribution is 2.48. The van der Waals surface area contributed by atoms with Crippen molar-refractivity contribution in [2.24, 2.45) is 10.7 Å². The number of nitrogens with two attached hydrogens (primary N) is 1. The molecule has 1 fully saturated rings. The number of hydrogen-bond acceptors (Lipinski definition) is 1. The van der Waals surface area contributed by atoms with Crippen LogP contribution in [0.15, 0.2) is 33.7 Å². The first-order valence-electron chi connectivity index (χ1n) is 6.65. The van der Waals surface area contributed by atoms with Gasteiger partial charge in [0, 0.05) is 15.4 Å². The van der Waals surface area contributed by atoms with E-state index in [0.29, 0.717) is 5.96 Å². The minimum Gasteiger partial charge on any atom is -0.370 e. The van der Waals surface area contributed by atoms with Crippen LogP contribution < -0.4 is 11.1 Å². The molecule has 0 bridgehead atoms. The fraction of sp³-hybridized carbons (Fsp3) is 0.533. The molecule has 20 heavy (non-hydrogen) atoms. The van der Waals surface area contributed by atoms with Gasteiger partial charge in [0.25, 0.3) is 0 Å². The van der Waals surface area contributed by atoms with E-state index in [0.717, 1.165) is 11.0 Å². The number of rotatable bonds is 3. The van der Waals surface area contributed by atoms with Crippen LogP contribution in [0.4, 0.5) is 0 Å². The van der Waals surface area contributed by atoms with Crippen molar-refractivity contribution in [2.45, 2.75) is 44.6 Å². The van der Waals surface area contributed by atoms with Crippen molar-refractivity contribution in [3.63, 3.8) is 0 Å². The van der Waals surface area contributed by atoms with Gasteiger partial charge in [-0.1, -0.05) is 28.1 Å². The lowest BCUT2D eigenvalue weighted by Crippen LogP contribution is -2.45. The molecule has 0 atom stereocenters. The first-order valence-corrected chi connectivity index (χ1v) is 7.44. The van der Waals surface area contributed by atoms with Crippen LogP contribution in [-0.4, -0.2) is 18.0 Å². The highest BCUT2D eigenvalue weighted by Gasteiger charge is 2.44. The summed E-state index contributed by atoms with van der Waals surface area (Å²) in [7, 11) is 0. The molecule has 112 valence electrons. The maximum atomic E-state index is 5.93. The highest BCUT2D eigenvalue weighted by atomic mass is 127. The van der Waals surface area contributed by atoms with E-state index in [1.54, 1.807) is 0 Å². The highest BCUT2D eigenvalue weighted by molar-refractivity contribution is 14.0. The van der Waals surface area contributed by atoms with Gasteiger partial charge in [0.2, 0.25) is 0 Å². The van der Waals surface area contributed by atoms with Gasteiger partial charge in [0.05, 0.1) is 6.54 Å². The molecule has 0 aliphatic heterocycles. The topological polar surface area (TPSA) is 50.4 Å². The van der Waals surface area contributed by atoms with Crippen molar-refractivity contribution in [1.29, 1.82) is 0 Å². The van der Waals surface area contributed by atoms with Crippen molar-refractivity contribution in [3.05, 3.63) is 34.3 Å². The lowest BCUT2D eigenvalue weighted by molar-refractivity contribution is 0.507. The molecule has 0 aromatic heterocycles. The van der Waals surface area contributed by atoms with Gasteiger partial charge in [-0.05, 0) is 51.3 Å². The van der Waals surface area contributed by atoms with Crippen molar-refractivity contribution >= 4 is 45.9 Å². The molecule has 1 aromatic carbocycles. The zero-order chi connectivity index (χ0) is 14.1. The third-order valence-corrected chi connectivity index (χ3v) is 3.84. The van der Waals surface area contributed by atoms with Crippen LogP contribution in [0, 0.1) is 0 Å². The molecule has 1 aliphatic carbocycles. The van der Waals surface area contributed by atoms with Gasteiger partial charge >= 0.3 is 0 Å². The van der Waals surface area contributed by atoms with Crippen LogP contribution in [0.25, 0.3) is 0 Å². The summed E-state index contributed by atoms with van der Waals surface area (Å²) in [6.07, 6.45) is 2.38. The third kappa shape index (κ3) is 4.91. The van der Waals surface area contributed by atoms with Crippen LogP contribution in [0.3, 0.4) is 0 Å². The Morgan fingerprint density at radius 2 is 2.05 bits per heavy atom. The molecule has 0 heterocycles. The van der Waals surface area contributed by atoms with Crippen LogP contribution >= 0.6 is 39.9 Å². The van der Waals surface area contributed by atoms with Crippen molar-refractivity contribution in [3.8, 4) is 0 Å². The van der Waals surface area contributed by atoms with Crippen LogP contribution in [0.2, 0.25) is 0 Å². The molecule has 0 unspecified atom stereocenters. The second-order valence-corrected chi connectivity index (χ2v) is 7.28. The number of nitrogens with zero attached hydrogens (tertiary/aromatic N) is 1. The van der Waals surface area contributed by atoms with E-state index in [9.17, 15) is 0 Å². The molecule has 0 amide bonds. The van der Waals surface area contributed by atoms with Crippen molar-refractivity contribution in [1.82, 2.24) is 5.32 Å². The van der Waals surface area contributed by atoms with Gasteiger partial charge in [-0.3, -0.25) is 4.99 Å². The third-order valence-electron chi connectivity index (χ3n) is 3.35. The van der Waals surface area contributed by atoms with Crippen LogP contribution in [0.5, 0.6) is 0 Å². The smallest absolute Gasteiger partial charge is 0.189 e. The summed E-state index contributed by atoms with van der Waals surface area (Å²) in [5.74, 6) is 0.536. The normalized spacial score (nSPS) is 17.3. The van der Waals surface area contributed by atoms with E-state index in [4.69, 9.17) is 5.73 Å². The van der Waals surface area contributed by atoms with E-state index in [2.05, 4.69) is 71.3 Å². The minimum absolute atomic E-state index is 0. The Labute approximate surface area is 147 Å². The average molecular weight is 452 g/mol. The molecule has 0 radical (unpaired) electrons. The summed E-state index contributed by atoms with van der Waals surface area (Å²) >= 11 is 3.53. The molecule has 1 aliphatic rings. The number of halogens is 2. The quantitative estimate of drug-likeness (QED) is 0.417. The van der Waals surface area contributed by atoms with Crippen LogP contribution in [-0.2, 0) is 5.41 Å². The summed E-state index contributed by atoms with van der Waals surface area (Å²) in [4.78, 5) is 4.52. The van der Waals surface area contributed by atoms with Gasteiger partial charge in [0.1, 0.15) is 0 Å². The van der Waals surface area contributed by atoms with Gasteiger partial charge in [-0.15, -0.1) is 24.0 Å². The lowest BCUT2D eigenvalue weighted by Gasteiger charge is -2.22. The molecular weight excluding hydrogens is 429 g/mol. The molecule has 3 N–H and O–H groups in total. The molecule has 3 nitrogen and oxygen atoms in total. The maximum Gasteiger partial charge on any atom is 0.189 e. The number of hydrogen-bond donors (Lipinski definition) is 2. The first kappa shape index (κ1) is 17.8. The largest absolute Gasteiger partial charge is 0.370 e. The monoisotopic (exact) mass is 451 g/mol. The molecule has 1 aromatic rings. The van der Waals surface area contributed by atoms with Gasteiger partial charge in [-0.2, -0.15) is 0 Å². The maximum absolute atomic E-state index is 5.93.